The van der Waals surface area contributed by atoms with Crippen LogP contribution in [0.1, 0.15) is 46.8 Å². The van der Waals surface area contributed by atoms with E-state index in [1.165, 1.54) is 6.92 Å². The molecule has 1 aliphatic carbocycles. The first kappa shape index (κ1) is 16.4. The largest absolute Gasteiger partial charge is 0.478 e. The minimum absolute atomic E-state index is 0.00521. The number of hydrogen-bond acceptors (Lipinski definition) is 4. The van der Waals surface area contributed by atoms with Crippen LogP contribution >= 0.6 is 0 Å². The molecule has 0 saturated heterocycles. The number of carboxylic acid groups (broad SMARTS) is 1. The predicted octanol–water partition coefficient (Wildman–Crippen LogP) is 4.14. The molecule has 0 radical (unpaired) electrons. The highest BCUT2D eigenvalue weighted by Gasteiger charge is 2.39. The van der Waals surface area contributed by atoms with Crippen LogP contribution in [0.25, 0.3) is 0 Å². The van der Waals surface area contributed by atoms with E-state index in [0.717, 1.165) is 17.5 Å². The maximum atomic E-state index is 11.6. The number of carbonyl (C=O) groups excluding carboxylic acids is 1. The number of esters is 1. The van der Waals surface area contributed by atoms with E-state index in [1.807, 2.05) is 18.2 Å². The minimum Gasteiger partial charge on any atom is -0.478 e. The van der Waals surface area contributed by atoms with Crippen molar-refractivity contribution in [1.82, 2.24) is 0 Å². The van der Waals surface area contributed by atoms with Gasteiger partial charge in [-0.3, -0.25) is 4.79 Å². The van der Waals surface area contributed by atoms with Gasteiger partial charge in [-0.25, -0.2) is 4.79 Å². The van der Waals surface area contributed by atoms with Gasteiger partial charge in [0, 0.05) is 12.8 Å². The summed E-state index contributed by atoms with van der Waals surface area (Å²) in [7, 11) is 0. The van der Waals surface area contributed by atoms with Crippen LogP contribution in [0.3, 0.4) is 0 Å². The van der Waals surface area contributed by atoms with Gasteiger partial charge in [0.25, 0.3) is 0 Å². The van der Waals surface area contributed by atoms with E-state index in [2.05, 4.69) is 17.5 Å². The number of ether oxygens (including phenoxy) is 1. The Morgan fingerprint density at radius 2 is 1.92 bits per heavy atom. The Kier molecular flexibility index (Phi) is 3.99. The monoisotopic (exact) mass is 349 g/mol. The molecule has 2 aromatic rings. The lowest BCUT2D eigenvalue weighted by atomic mass is 9.76. The summed E-state index contributed by atoms with van der Waals surface area (Å²) in [5, 5.41) is 13.0. The van der Waals surface area contributed by atoms with Gasteiger partial charge < -0.3 is 15.2 Å². The highest BCUT2D eigenvalue weighted by molar-refractivity contribution is 5.95. The Hall–Kier alpha value is -3.08. The molecule has 5 nitrogen and oxygen atoms in total. The summed E-state index contributed by atoms with van der Waals surface area (Å²) in [6.45, 7) is 1.37. The third-order valence-corrected chi connectivity index (χ3v) is 5.13. The zero-order chi connectivity index (χ0) is 18.3. The molecule has 2 aliphatic rings. The standard InChI is InChI=1S/C21H19NO4/c1-12(23)26-14-10-8-13(9-11-14)19-16-5-2-4-15(16)17-6-3-7-18(21(24)25)20(17)22-19/h2-4,6-11,15-16,19,22H,5H2,1H3,(H,24,25)/t15-,16+,19+/m1/s1. The van der Waals surface area contributed by atoms with E-state index >= 15 is 0 Å². The highest BCUT2D eigenvalue weighted by Crippen LogP contribution is 2.50. The number of para-hydroxylation sites is 1. The van der Waals surface area contributed by atoms with Crippen LogP contribution in [0, 0.1) is 5.92 Å². The lowest BCUT2D eigenvalue weighted by molar-refractivity contribution is -0.131. The van der Waals surface area contributed by atoms with Crippen molar-refractivity contribution < 1.29 is 19.4 Å². The van der Waals surface area contributed by atoms with E-state index in [4.69, 9.17) is 4.74 Å². The number of carbonyl (C=O) groups is 2. The molecule has 2 N–H and O–H groups in total. The van der Waals surface area contributed by atoms with Gasteiger partial charge in [0.1, 0.15) is 5.75 Å². The van der Waals surface area contributed by atoms with Crippen molar-refractivity contribution in [3.8, 4) is 5.75 Å². The second-order valence-electron chi connectivity index (χ2n) is 6.71. The topological polar surface area (TPSA) is 75.6 Å². The van der Waals surface area contributed by atoms with Crippen LogP contribution < -0.4 is 10.1 Å². The van der Waals surface area contributed by atoms with E-state index in [-0.39, 0.29) is 17.9 Å². The third-order valence-electron chi connectivity index (χ3n) is 5.13. The van der Waals surface area contributed by atoms with Crippen molar-refractivity contribution >= 4 is 17.6 Å². The Balaban J connectivity index is 1.72. The first-order valence-corrected chi connectivity index (χ1v) is 8.62. The first-order chi connectivity index (χ1) is 12.5. The molecule has 0 saturated carbocycles. The van der Waals surface area contributed by atoms with Gasteiger partial charge in [-0.2, -0.15) is 0 Å². The SMILES string of the molecule is CC(=O)Oc1ccc([C@@H]2Nc3c(C(=O)O)cccc3[C@@H]3C=CC[C@@H]32)cc1. The average molecular weight is 349 g/mol. The molecule has 0 amide bonds. The number of allylic oxidation sites excluding steroid dienone is 2. The molecule has 1 heterocycles. The number of anilines is 1. The molecule has 0 unspecified atom stereocenters. The summed E-state index contributed by atoms with van der Waals surface area (Å²) in [5.41, 5.74) is 3.08. The molecular weight excluding hydrogens is 330 g/mol. The molecule has 2 aromatic carbocycles. The van der Waals surface area contributed by atoms with Gasteiger partial charge in [0.05, 0.1) is 17.3 Å². The van der Waals surface area contributed by atoms with Crippen LogP contribution in [0.4, 0.5) is 5.69 Å². The van der Waals surface area contributed by atoms with Gasteiger partial charge in [0.2, 0.25) is 0 Å². The lowest BCUT2D eigenvalue weighted by Gasteiger charge is -2.38. The molecule has 132 valence electrons. The van der Waals surface area contributed by atoms with Gasteiger partial charge in [-0.15, -0.1) is 0 Å². The van der Waals surface area contributed by atoms with Crippen molar-refractivity contribution in [2.24, 2.45) is 5.92 Å². The number of rotatable bonds is 3. The lowest BCUT2D eigenvalue weighted by Crippen LogP contribution is -2.30. The predicted molar refractivity (Wildman–Crippen MR) is 97.5 cm³/mol. The second kappa shape index (κ2) is 6.33. The molecule has 0 aromatic heterocycles. The van der Waals surface area contributed by atoms with E-state index < -0.39 is 5.97 Å². The zero-order valence-corrected chi connectivity index (χ0v) is 14.3. The molecule has 1 aliphatic heterocycles. The number of hydrogen-bond donors (Lipinski definition) is 2. The Bertz CT molecular complexity index is 901. The average Bonchev–Trinajstić information content (AvgIpc) is 3.10. The second-order valence-corrected chi connectivity index (χ2v) is 6.71. The smallest absolute Gasteiger partial charge is 0.337 e. The molecule has 0 spiro atoms. The highest BCUT2D eigenvalue weighted by atomic mass is 16.5. The van der Waals surface area contributed by atoms with Crippen LogP contribution in [0.15, 0.2) is 54.6 Å². The maximum absolute atomic E-state index is 11.6. The number of benzene rings is 2. The summed E-state index contributed by atoms with van der Waals surface area (Å²) in [6.07, 6.45) is 5.28. The molecule has 4 rings (SSSR count). The number of nitrogens with one attached hydrogen (secondary N) is 1. The van der Waals surface area contributed by atoms with Gasteiger partial charge in [-0.05, 0) is 41.7 Å². The molecule has 0 bridgehead atoms. The fourth-order valence-electron chi connectivity index (χ4n) is 4.04. The van der Waals surface area contributed by atoms with Crippen molar-refractivity contribution in [1.29, 1.82) is 0 Å². The summed E-state index contributed by atoms with van der Waals surface area (Å²) >= 11 is 0. The number of carboxylic acids is 1. The van der Waals surface area contributed by atoms with E-state index in [9.17, 15) is 14.7 Å². The fourth-order valence-corrected chi connectivity index (χ4v) is 4.04. The van der Waals surface area contributed by atoms with E-state index in [0.29, 0.717) is 22.9 Å². The van der Waals surface area contributed by atoms with Crippen LogP contribution in [0.5, 0.6) is 5.75 Å². The van der Waals surface area contributed by atoms with Crippen LogP contribution in [-0.4, -0.2) is 17.0 Å². The zero-order valence-electron chi connectivity index (χ0n) is 14.3. The van der Waals surface area contributed by atoms with Crippen LogP contribution in [0.2, 0.25) is 0 Å². The summed E-state index contributed by atoms with van der Waals surface area (Å²) in [6, 6.07) is 12.8. The summed E-state index contributed by atoms with van der Waals surface area (Å²) in [5.74, 6) is -0.257. The fraction of sp³-hybridized carbons (Fsp3) is 0.238. The van der Waals surface area contributed by atoms with Crippen molar-refractivity contribution in [2.75, 3.05) is 5.32 Å². The number of fused-ring (bicyclic) bond motifs is 3. The third kappa shape index (κ3) is 2.75. The molecular formula is C21H19NO4. The van der Waals surface area contributed by atoms with Crippen molar-refractivity contribution in [2.45, 2.75) is 25.3 Å². The Morgan fingerprint density at radius 1 is 1.15 bits per heavy atom. The molecule has 0 fully saturated rings. The van der Waals surface area contributed by atoms with Crippen LogP contribution in [-0.2, 0) is 4.79 Å². The number of aromatic carboxylic acids is 1. The summed E-state index contributed by atoms with van der Waals surface area (Å²) in [4.78, 5) is 22.7. The molecule has 5 heteroatoms. The molecule has 3 atom stereocenters. The van der Waals surface area contributed by atoms with Gasteiger partial charge >= 0.3 is 11.9 Å². The Morgan fingerprint density at radius 3 is 2.62 bits per heavy atom. The van der Waals surface area contributed by atoms with Gasteiger partial charge in [0.15, 0.2) is 0 Å². The first-order valence-electron chi connectivity index (χ1n) is 8.62. The molecule has 26 heavy (non-hydrogen) atoms. The summed E-state index contributed by atoms with van der Waals surface area (Å²) < 4.78 is 5.10. The quantitative estimate of drug-likeness (QED) is 0.495. The maximum Gasteiger partial charge on any atom is 0.337 e. The van der Waals surface area contributed by atoms with E-state index in [1.54, 1.807) is 24.3 Å². The van der Waals surface area contributed by atoms with Crippen molar-refractivity contribution in [3.63, 3.8) is 0 Å². The minimum atomic E-state index is -0.932. The normalized spacial score (nSPS) is 22.9. The van der Waals surface area contributed by atoms with Gasteiger partial charge in [-0.1, -0.05) is 36.4 Å². The Labute approximate surface area is 151 Å². The van der Waals surface area contributed by atoms with Crippen molar-refractivity contribution in [3.05, 3.63) is 71.3 Å².